The monoisotopic (exact) mass is 285 g/mol. The molecule has 0 spiro atoms. The van der Waals surface area contributed by atoms with Gasteiger partial charge < -0.3 is 5.32 Å². The molecule has 15 heavy (non-hydrogen) atoms. The fourth-order valence-electron chi connectivity index (χ4n) is 1.36. The molecule has 0 amide bonds. The van der Waals surface area contributed by atoms with E-state index in [-0.39, 0.29) is 6.04 Å². The summed E-state index contributed by atoms with van der Waals surface area (Å²) < 4.78 is 0.993. The number of benzene rings is 1. The first kappa shape index (κ1) is 12.6. The second kappa shape index (κ2) is 6.17. The Morgan fingerprint density at radius 2 is 2.27 bits per heavy atom. The van der Waals surface area contributed by atoms with Gasteiger partial charge >= 0.3 is 0 Å². The van der Waals surface area contributed by atoms with E-state index in [1.807, 2.05) is 32.2 Å². The van der Waals surface area contributed by atoms with Crippen LogP contribution in [0.1, 0.15) is 24.9 Å². The van der Waals surface area contributed by atoms with Crippen LogP contribution in [0.5, 0.6) is 0 Å². The summed E-state index contributed by atoms with van der Waals surface area (Å²) in [5, 5.41) is 3.98. The minimum atomic E-state index is 0.193. The highest BCUT2D eigenvalue weighted by atomic mass is 79.9. The van der Waals surface area contributed by atoms with Crippen molar-refractivity contribution in [1.82, 2.24) is 5.32 Å². The molecule has 0 bridgehead atoms. The van der Waals surface area contributed by atoms with Crippen LogP contribution in [0, 0.1) is 11.8 Å². The van der Waals surface area contributed by atoms with Crippen LogP contribution in [0.2, 0.25) is 5.02 Å². The molecule has 0 aliphatic rings. The highest BCUT2D eigenvalue weighted by Gasteiger charge is 2.11. The van der Waals surface area contributed by atoms with Gasteiger partial charge in [-0.05, 0) is 31.7 Å². The summed E-state index contributed by atoms with van der Waals surface area (Å²) in [5.41, 5.74) is 1.09. The van der Waals surface area contributed by atoms with Gasteiger partial charge in [0.1, 0.15) is 0 Å². The zero-order chi connectivity index (χ0) is 11.3. The minimum absolute atomic E-state index is 0.193. The van der Waals surface area contributed by atoms with Gasteiger partial charge in [0, 0.05) is 22.0 Å². The Morgan fingerprint density at radius 3 is 2.80 bits per heavy atom. The minimum Gasteiger partial charge on any atom is -0.312 e. The molecular formula is C12H13BrClN. The first-order valence-electron chi connectivity index (χ1n) is 4.71. The maximum absolute atomic E-state index is 6.16. The fourth-order valence-corrected chi connectivity index (χ4v) is 2.16. The summed E-state index contributed by atoms with van der Waals surface area (Å²) in [7, 11) is 1.92. The van der Waals surface area contributed by atoms with Gasteiger partial charge in [0.25, 0.3) is 0 Å². The Kier molecular flexibility index (Phi) is 5.17. The van der Waals surface area contributed by atoms with Gasteiger partial charge in [0.2, 0.25) is 0 Å². The summed E-state index contributed by atoms with van der Waals surface area (Å²) in [6.07, 6.45) is 0.772. The molecule has 0 fully saturated rings. The van der Waals surface area contributed by atoms with Crippen LogP contribution >= 0.6 is 27.5 Å². The second-order valence-corrected chi connectivity index (χ2v) is 4.46. The predicted octanol–water partition coefficient (Wildman–Crippen LogP) is 3.78. The van der Waals surface area contributed by atoms with Crippen molar-refractivity contribution >= 4 is 27.5 Å². The van der Waals surface area contributed by atoms with Crippen LogP contribution in [-0.4, -0.2) is 7.05 Å². The van der Waals surface area contributed by atoms with Gasteiger partial charge in [-0.1, -0.05) is 33.6 Å². The Hall–Kier alpha value is -0.490. The van der Waals surface area contributed by atoms with E-state index in [1.54, 1.807) is 0 Å². The van der Waals surface area contributed by atoms with Crippen molar-refractivity contribution in [2.24, 2.45) is 0 Å². The van der Waals surface area contributed by atoms with Crippen molar-refractivity contribution in [3.05, 3.63) is 33.3 Å². The van der Waals surface area contributed by atoms with E-state index in [4.69, 9.17) is 11.6 Å². The molecule has 3 heteroatoms. The van der Waals surface area contributed by atoms with E-state index < -0.39 is 0 Å². The Labute approximate surface area is 104 Å². The second-order valence-electron chi connectivity index (χ2n) is 3.14. The SMILES string of the molecule is CC#CCC(NC)c1ccc(Br)cc1Cl. The lowest BCUT2D eigenvalue weighted by atomic mass is 10.0. The van der Waals surface area contributed by atoms with Gasteiger partial charge in [-0.2, -0.15) is 0 Å². The molecule has 1 aromatic rings. The predicted molar refractivity (Wildman–Crippen MR) is 69.0 cm³/mol. The molecule has 0 aromatic heterocycles. The first-order valence-corrected chi connectivity index (χ1v) is 5.88. The van der Waals surface area contributed by atoms with E-state index in [2.05, 4.69) is 33.1 Å². The molecule has 0 aliphatic carbocycles. The maximum Gasteiger partial charge on any atom is 0.0465 e. The molecule has 1 unspecified atom stereocenters. The number of rotatable bonds is 3. The average molecular weight is 287 g/mol. The molecule has 0 heterocycles. The average Bonchev–Trinajstić information content (AvgIpc) is 2.21. The molecule has 1 nitrogen and oxygen atoms in total. The molecule has 1 aromatic carbocycles. The van der Waals surface area contributed by atoms with Crippen LogP contribution in [0.4, 0.5) is 0 Å². The van der Waals surface area contributed by atoms with Gasteiger partial charge in [-0.15, -0.1) is 11.8 Å². The van der Waals surface area contributed by atoms with E-state index >= 15 is 0 Å². The van der Waals surface area contributed by atoms with Gasteiger partial charge in [0.05, 0.1) is 0 Å². The van der Waals surface area contributed by atoms with Crippen LogP contribution in [0.25, 0.3) is 0 Å². The van der Waals surface area contributed by atoms with Gasteiger partial charge in [-0.25, -0.2) is 0 Å². The van der Waals surface area contributed by atoms with Crippen molar-refractivity contribution in [2.75, 3.05) is 7.05 Å². The van der Waals surface area contributed by atoms with Gasteiger partial charge in [-0.3, -0.25) is 0 Å². The lowest BCUT2D eigenvalue weighted by molar-refractivity contribution is 0.611. The quantitative estimate of drug-likeness (QED) is 0.834. The Bertz CT molecular complexity index is 392. The standard InChI is InChI=1S/C12H13BrClN/c1-3-4-5-12(15-2)10-7-6-9(13)8-11(10)14/h6-8,12,15H,5H2,1-2H3. The lowest BCUT2D eigenvalue weighted by Gasteiger charge is -2.15. The number of nitrogens with one attached hydrogen (secondary N) is 1. The normalized spacial score (nSPS) is 11.7. The summed E-state index contributed by atoms with van der Waals surface area (Å²) in [5.74, 6) is 5.95. The third-order valence-electron chi connectivity index (χ3n) is 2.17. The summed E-state index contributed by atoms with van der Waals surface area (Å²) in [6.45, 7) is 1.84. The highest BCUT2D eigenvalue weighted by molar-refractivity contribution is 9.10. The first-order chi connectivity index (χ1) is 7.19. The van der Waals surface area contributed by atoms with Crippen LogP contribution in [0.3, 0.4) is 0 Å². The molecule has 0 saturated heterocycles. The van der Waals surface area contributed by atoms with Crippen molar-refractivity contribution in [1.29, 1.82) is 0 Å². The zero-order valence-corrected chi connectivity index (χ0v) is 11.1. The van der Waals surface area contributed by atoms with Crippen molar-refractivity contribution < 1.29 is 0 Å². The molecule has 0 saturated carbocycles. The number of halogens is 2. The van der Waals surface area contributed by atoms with E-state index in [9.17, 15) is 0 Å². The van der Waals surface area contributed by atoms with Crippen LogP contribution < -0.4 is 5.32 Å². The fraction of sp³-hybridized carbons (Fsp3) is 0.333. The van der Waals surface area contributed by atoms with Gasteiger partial charge in [0.15, 0.2) is 0 Å². The molecule has 80 valence electrons. The zero-order valence-electron chi connectivity index (χ0n) is 8.77. The van der Waals surface area contributed by atoms with E-state index in [1.165, 1.54) is 0 Å². The van der Waals surface area contributed by atoms with Crippen molar-refractivity contribution in [3.8, 4) is 11.8 Å². The lowest BCUT2D eigenvalue weighted by Crippen LogP contribution is -2.16. The molecule has 0 aliphatic heterocycles. The largest absolute Gasteiger partial charge is 0.312 e. The topological polar surface area (TPSA) is 12.0 Å². The summed E-state index contributed by atoms with van der Waals surface area (Å²) in [4.78, 5) is 0. The maximum atomic E-state index is 6.16. The molecular weight excluding hydrogens is 273 g/mol. The van der Waals surface area contributed by atoms with Crippen molar-refractivity contribution in [2.45, 2.75) is 19.4 Å². The Morgan fingerprint density at radius 1 is 1.53 bits per heavy atom. The third kappa shape index (κ3) is 3.53. The molecule has 1 N–H and O–H groups in total. The van der Waals surface area contributed by atoms with Crippen LogP contribution in [0.15, 0.2) is 22.7 Å². The summed E-state index contributed by atoms with van der Waals surface area (Å²) >= 11 is 9.55. The third-order valence-corrected chi connectivity index (χ3v) is 2.99. The number of hydrogen-bond donors (Lipinski definition) is 1. The summed E-state index contributed by atoms with van der Waals surface area (Å²) in [6, 6.07) is 6.11. The number of hydrogen-bond acceptors (Lipinski definition) is 1. The molecule has 1 atom stereocenters. The van der Waals surface area contributed by atoms with Crippen LogP contribution in [-0.2, 0) is 0 Å². The highest BCUT2D eigenvalue weighted by Crippen LogP contribution is 2.27. The van der Waals surface area contributed by atoms with E-state index in [0.717, 1.165) is 21.5 Å². The smallest absolute Gasteiger partial charge is 0.0465 e. The molecule has 1 rings (SSSR count). The van der Waals surface area contributed by atoms with Crippen molar-refractivity contribution in [3.63, 3.8) is 0 Å². The Balaban J connectivity index is 2.94. The van der Waals surface area contributed by atoms with E-state index in [0.29, 0.717) is 0 Å². The molecule has 0 radical (unpaired) electrons.